The van der Waals surface area contributed by atoms with Gasteiger partial charge >= 0.3 is 0 Å². The van der Waals surface area contributed by atoms with E-state index in [1.807, 2.05) is 37.3 Å². The van der Waals surface area contributed by atoms with Crippen LogP contribution in [0.25, 0.3) is 0 Å². The van der Waals surface area contributed by atoms with Crippen LogP contribution in [0.5, 0.6) is 0 Å². The first kappa shape index (κ1) is 21.0. The number of nitrogens with zero attached hydrogens (tertiary/aromatic N) is 1. The van der Waals surface area contributed by atoms with Crippen molar-refractivity contribution in [3.05, 3.63) is 53.4 Å². The highest BCUT2D eigenvalue weighted by atomic mass is 32.2. The van der Waals surface area contributed by atoms with Crippen molar-refractivity contribution in [3.8, 4) is 0 Å². The average Bonchev–Trinajstić information content (AvgIpc) is 3.40. The smallest absolute Gasteiger partial charge is 0.253 e. The molecule has 1 amide bonds. The second kappa shape index (κ2) is 9.65. The summed E-state index contributed by atoms with van der Waals surface area (Å²) >= 11 is 1.18. The number of rotatable bonds is 9. The molecular formula is C20H26N2O4S2. The van der Waals surface area contributed by atoms with Crippen molar-refractivity contribution in [1.29, 1.82) is 0 Å². The van der Waals surface area contributed by atoms with Gasteiger partial charge in [-0.15, -0.1) is 11.3 Å². The molecule has 1 aromatic carbocycles. The van der Waals surface area contributed by atoms with Gasteiger partial charge in [0.15, 0.2) is 0 Å². The Morgan fingerprint density at radius 1 is 1.29 bits per heavy atom. The molecule has 6 nitrogen and oxygen atoms in total. The summed E-state index contributed by atoms with van der Waals surface area (Å²) in [5.41, 5.74) is 1.12. The van der Waals surface area contributed by atoms with Crippen molar-refractivity contribution in [3.63, 3.8) is 0 Å². The van der Waals surface area contributed by atoms with E-state index in [4.69, 9.17) is 4.74 Å². The van der Waals surface area contributed by atoms with Crippen molar-refractivity contribution in [2.45, 2.75) is 42.5 Å². The third-order valence-corrected chi connectivity index (χ3v) is 8.10. The number of ether oxygens (including phenoxy) is 1. The molecule has 0 radical (unpaired) electrons. The highest BCUT2D eigenvalue weighted by Gasteiger charge is 2.39. The van der Waals surface area contributed by atoms with Crippen LogP contribution in [0, 0.1) is 0 Å². The first-order valence-corrected chi connectivity index (χ1v) is 11.8. The molecule has 2 aromatic rings. The molecule has 2 unspecified atom stereocenters. The number of amides is 1. The van der Waals surface area contributed by atoms with Gasteiger partial charge in [-0.1, -0.05) is 36.4 Å². The van der Waals surface area contributed by atoms with E-state index in [-0.39, 0.29) is 16.2 Å². The minimum Gasteiger partial charge on any atom is -0.374 e. The molecule has 0 bridgehead atoms. The number of hydrogen-bond acceptors (Lipinski definition) is 5. The Bertz CT molecular complexity index is 854. The summed E-state index contributed by atoms with van der Waals surface area (Å²) in [4.78, 5) is 12.5. The SMILES string of the molecule is CC(OCCCNC(=O)C1CCCN1S(=O)(=O)c1cccs1)c1ccccc1. The van der Waals surface area contributed by atoms with Crippen LogP contribution in [0.3, 0.4) is 0 Å². The number of thiophene rings is 1. The standard InChI is InChI=1S/C20H26N2O4S2/c1-16(17-8-3-2-4-9-17)26-14-7-12-21-20(23)18-10-5-13-22(18)28(24,25)19-11-6-15-27-19/h2-4,6,8-9,11,15-16,18H,5,7,10,12-14H2,1H3,(H,21,23). The first-order chi connectivity index (χ1) is 13.5. The van der Waals surface area contributed by atoms with Gasteiger partial charge < -0.3 is 10.1 Å². The Labute approximate surface area is 170 Å². The molecule has 1 saturated heterocycles. The molecule has 3 rings (SSSR count). The van der Waals surface area contributed by atoms with Gasteiger partial charge in [0.2, 0.25) is 5.91 Å². The summed E-state index contributed by atoms with van der Waals surface area (Å²) in [6.45, 7) is 3.37. The number of benzene rings is 1. The number of carbonyl (C=O) groups is 1. The maximum Gasteiger partial charge on any atom is 0.253 e. The summed E-state index contributed by atoms with van der Waals surface area (Å²) in [7, 11) is -3.60. The lowest BCUT2D eigenvalue weighted by molar-refractivity contribution is -0.124. The molecule has 1 aliphatic rings. The zero-order valence-electron chi connectivity index (χ0n) is 15.9. The minimum atomic E-state index is -3.60. The van der Waals surface area contributed by atoms with E-state index in [0.717, 1.165) is 5.56 Å². The molecule has 1 aromatic heterocycles. The zero-order chi connectivity index (χ0) is 20.0. The average molecular weight is 423 g/mol. The lowest BCUT2D eigenvalue weighted by Gasteiger charge is -2.22. The van der Waals surface area contributed by atoms with Gasteiger partial charge in [0.25, 0.3) is 10.0 Å². The third-order valence-electron chi connectivity index (χ3n) is 4.82. The van der Waals surface area contributed by atoms with Crippen molar-refractivity contribution < 1.29 is 17.9 Å². The van der Waals surface area contributed by atoms with Crippen LogP contribution in [-0.2, 0) is 19.6 Å². The predicted molar refractivity (Wildman–Crippen MR) is 110 cm³/mol. The second-order valence-electron chi connectivity index (χ2n) is 6.77. The zero-order valence-corrected chi connectivity index (χ0v) is 17.5. The van der Waals surface area contributed by atoms with Crippen molar-refractivity contribution in [1.82, 2.24) is 9.62 Å². The predicted octanol–water partition coefficient (Wildman–Crippen LogP) is 3.19. The van der Waals surface area contributed by atoms with E-state index in [2.05, 4.69) is 5.32 Å². The fourth-order valence-electron chi connectivity index (χ4n) is 3.30. The number of nitrogens with one attached hydrogen (secondary N) is 1. The Hall–Kier alpha value is -1.74. The molecule has 1 N–H and O–H groups in total. The largest absolute Gasteiger partial charge is 0.374 e. The maximum atomic E-state index is 12.7. The van der Waals surface area contributed by atoms with E-state index >= 15 is 0 Å². The van der Waals surface area contributed by atoms with Crippen LogP contribution >= 0.6 is 11.3 Å². The molecule has 0 aliphatic carbocycles. The number of carbonyl (C=O) groups excluding carboxylic acids is 1. The number of hydrogen-bond donors (Lipinski definition) is 1. The van der Waals surface area contributed by atoms with Gasteiger partial charge in [-0.05, 0) is 43.2 Å². The molecule has 8 heteroatoms. The second-order valence-corrected chi connectivity index (χ2v) is 9.84. The van der Waals surface area contributed by atoms with Crippen molar-refractivity contribution in [2.75, 3.05) is 19.7 Å². The summed E-state index contributed by atoms with van der Waals surface area (Å²) in [6, 6.07) is 12.6. The fourth-order valence-corrected chi connectivity index (χ4v) is 6.07. The summed E-state index contributed by atoms with van der Waals surface area (Å²) in [5.74, 6) is -0.228. The molecule has 2 heterocycles. The van der Waals surface area contributed by atoms with Crippen LogP contribution in [0.4, 0.5) is 0 Å². The Kier molecular flexibility index (Phi) is 7.23. The molecule has 28 heavy (non-hydrogen) atoms. The van der Waals surface area contributed by atoms with Crippen LogP contribution in [0.1, 0.15) is 37.9 Å². The van der Waals surface area contributed by atoms with E-state index in [1.165, 1.54) is 15.6 Å². The topological polar surface area (TPSA) is 75.7 Å². The molecule has 0 spiro atoms. The normalized spacial score (nSPS) is 18.8. The lowest BCUT2D eigenvalue weighted by Crippen LogP contribution is -2.46. The van der Waals surface area contributed by atoms with Crippen LogP contribution in [-0.4, -0.2) is 44.4 Å². The van der Waals surface area contributed by atoms with Gasteiger partial charge in [-0.25, -0.2) is 8.42 Å². The van der Waals surface area contributed by atoms with Crippen LogP contribution in [0.15, 0.2) is 52.1 Å². The lowest BCUT2D eigenvalue weighted by atomic mass is 10.1. The highest BCUT2D eigenvalue weighted by molar-refractivity contribution is 7.91. The fraction of sp³-hybridized carbons (Fsp3) is 0.450. The van der Waals surface area contributed by atoms with E-state index in [1.54, 1.807) is 17.5 Å². The van der Waals surface area contributed by atoms with Crippen LogP contribution in [0.2, 0.25) is 0 Å². The Balaban J connectivity index is 1.44. The monoisotopic (exact) mass is 422 g/mol. The van der Waals surface area contributed by atoms with Crippen molar-refractivity contribution >= 4 is 27.3 Å². The summed E-state index contributed by atoms with van der Waals surface area (Å²) in [6.07, 6.45) is 1.92. The third kappa shape index (κ3) is 5.00. The molecule has 1 aliphatic heterocycles. The maximum absolute atomic E-state index is 12.7. The van der Waals surface area contributed by atoms with Gasteiger partial charge in [0.1, 0.15) is 10.3 Å². The Morgan fingerprint density at radius 3 is 2.79 bits per heavy atom. The van der Waals surface area contributed by atoms with Gasteiger partial charge in [-0.3, -0.25) is 4.79 Å². The molecule has 2 atom stereocenters. The van der Waals surface area contributed by atoms with Crippen molar-refractivity contribution in [2.24, 2.45) is 0 Å². The number of sulfonamides is 1. The first-order valence-electron chi connectivity index (χ1n) is 9.50. The Morgan fingerprint density at radius 2 is 2.07 bits per heavy atom. The highest BCUT2D eigenvalue weighted by Crippen LogP contribution is 2.28. The van der Waals surface area contributed by atoms with Gasteiger partial charge in [0, 0.05) is 19.7 Å². The quantitative estimate of drug-likeness (QED) is 0.630. The van der Waals surface area contributed by atoms with E-state index < -0.39 is 16.1 Å². The van der Waals surface area contributed by atoms with Gasteiger partial charge in [0.05, 0.1) is 6.10 Å². The summed E-state index contributed by atoms with van der Waals surface area (Å²) < 4.78 is 32.9. The molecule has 1 fully saturated rings. The molecule has 152 valence electrons. The van der Waals surface area contributed by atoms with E-state index in [9.17, 15) is 13.2 Å². The molecule has 0 saturated carbocycles. The van der Waals surface area contributed by atoms with Gasteiger partial charge in [-0.2, -0.15) is 4.31 Å². The van der Waals surface area contributed by atoms with Crippen LogP contribution < -0.4 is 5.32 Å². The van der Waals surface area contributed by atoms with E-state index in [0.29, 0.717) is 39.0 Å². The minimum absolute atomic E-state index is 0.00170. The summed E-state index contributed by atoms with van der Waals surface area (Å²) in [5, 5.41) is 4.59. The molecular weight excluding hydrogens is 396 g/mol.